The van der Waals surface area contributed by atoms with Gasteiger partial charge < -0.3 is 10.2 Å². The molecule has 0 spiro atoms. The van der Waals surface area contributed by atoms with E-state index >= 15 is 0 Å². The predicted molar refractivity (Wildman–Crippen MR) is 82.6 cm³/mol. The van der Waals surface area contributed by atoms with Crippen LogP contribution in [-0.2, 0) is 4.79 Å². The number of piperidine rings is 2. The van der Waals surface area contributed by atoms with Crippen molar-refractivity contribution in [3.63, 3.8) is 0 Å². The average molecular weight is 309 g/mol. The summed E-state index contributed by atoms with van der Waals surface area (Å²) in [6, 6.07) is 2.17. The minimum atomic E-state index is 0.192. The van der Waals surface area contributed by atoms with E-state index in [4.69, 9.17) is 11.6 Å². The van der Waals surface area contributed by atoms with Gasteiger partial charge in [0.15, 0.2) is 0 Å². The molecule has 114 valence electrons. The molecule has 2 saturated heterocycles. The fraction of sp³-hybridized carbons (Fsp3) is 0.667. The highest BCUT2D eigenvalue weighted by atomic mass is 35.5. The summed E-state index contributed by atoms with van der Waals surface area (Å²) in [4.78, 5) is 22.7. The second-order valence-electron chi connectivity index (χ2n) is 6.27. The maximum Gasteiger partial charge on any atom is 0.220 e. The smallest absolute Gasteiger partial charge is 0.220 e. The molecule has 1 N–H and O–H groups in total. The molecule has 0 aliphatic carbocycles. The zero-order valence-electron chi connectivity index (χ0n) is 12.5. The second-order valence-corrected chi connectivity index (χ2v) is 6.66. The molecule has 0 saturated carbocycles. The lowest BCUT2D eigenvalue weighted by Crippen LogP contribution is -2.54. The van der Waals surface area contributed by atoms with Crippen LogP contribution in [0, 0.1) is 5.92 Å². The van der Waals surface area contributed by atoms with Crippen molar-refractivity contribution in [1.82, 2.24) is 15.3 Å². The van der Waals surface area contributed by atoms with E-state index in [0.29, 0.717) is 23.5 Å². The minimum Gasteiger partial charge on any atom is -0.356 e. The standard InChI is InChI=1S/C15H21ClN4O/c1-9(2)15-18-12(16)7-13(19-15)20-6-5-11-10(8-20)3-4-14(21)17-11/h7,9-11H,3-6,8H2,1-2H3,(H,17,21). The molecule has 2 fully saturated rings. The molecule has 1 aromatic heterocycles. The first kappa shape index (κ1) is 14.6. The highest BCUT2D eigenvalue weighted by Crippen LogP contribution is 2.29. The fourth-order valence-electron chi connectivity index (χ4n) is 3.16. The number of anilines is 1. The van der Waals surface area contributed by atoms with E-state index in [-0.39, 0.29) is 11.8 Å². The molecule has 0 radical (unpaired) electrons. The number of halogens is 1. The number of hydrogen-bond acceptors (Lipinski definition) is 4. The number of carbonyl (C=O) groups excluding carboxylic acids is 1. The molecular weight excluding hydrogens is 288 g/mol. The van der Waals surface area contributed by atoms with E-state index in [1.807, 2.05) is 6.07 Å². The van der Waals surface area contributed by atoms with Gasteiger partial charge in [0.1, 0.15) is 16.8 Å². The van der Waals surface area contributed by atoms with Crippen LogP contribution >= 0.6 is 11.6 Å². The lowest BCUT2D eigenvalue weighted by atomic mass is 9.85. The van der Waals surface area contributed by atoms with Crippen molar-refractivity contribution in [3.8, 4) is 0 Å². The fourth-order valence-corrected chi connectivity index (χ4v) is 3.35. The van der Waals surface area contributed by atoms with Crippen LogP contribution in [0.3, 0.4) is 0 Å². The summed E-state index contributed by atoms with van der Waals surface area (Å²) in [5, 5.41) is 3.61. The van der Waals surface area contributed by atoms with E-state index < -0.39 is 0 Å². The topological polar surface area (TPSA) is 58.1 Å². The number of rotatable bonds is 2. The van der Waals surface area contributed by atoms with E-state index in [2.05, 4.69) is 34.0 Å². The number of carbonyl (C=O) groups is 1. The molecule has 3 rings (SSSR count). The van der Waals surface area contributed by atoms with Gasteiger partial charge in [-0.05, 0) is 18.8 Å². The SMILES string of the molecule is CC(C)c1nc(Cl)cc(N2CCC3NC(=O)CCC3C2)n1. The Bertz CT molecular complexity index is 548. The normalized spacial score (nSPS) is 25.7. The van der Waals surface area contributed by atoms with Crippen molar-refractivity contribution >= 4 is 23.3 Å². The van der Waals surface area contributed by atoms with Crippen molar-refractivity contribution in [2.45, 2.75) is 45.1 Å². The van der Waals surface area contributed by atoms with Gasteiger partial charge in [-0.1, -0.05) is 25.4 Å². The number of hydrogen-bond donors (Lipinski definition) is 1. The molecule has 2 atom stereocenters. The number of amides is 1. The van der Waals surface area contributed by atoms with E-state index in [1.54, 1.807) is 0 Å². The largest absolute Gasteiger partial charge is 0.356 e. The summed E-state index contributed by atoms with van der Waals surface area (Å²) < 4.78 is 0. The Kier molecular flexibility index (Phi) is 4.02. The van der Waals surface area contributed by atoms with Gasteiger partial charge in [-0.2, -0.15) is 0 Å². The quantitative estimate of drug-likeness (QED) is 0.852. The van der Waals surface area contributed by atoms with Gasteiger partial charge in [-0.3, -0.25) is 4.79 Å². The number of fused-ring (bicyclic) bond motifs is 1. The van der Waals surface area contributed by atoms with Gasteiger partial charge in [0, 0.05) is 37.5 Å². The van der Waals surface area contributed by atoms with Crippen LogP contribution in [0.25, 0.3) is 0 Å². The summed E-state index contributed by atoms with van der Waals surface area (Å²) in [7, 11) is 0. The monoisotopic (exact) mass is 308 g/mol. The molecule has 3 heterocycles. The lowest BCUT2D eigenvalue weighted by Gasteiger charge is -2.42. The Balaban J connectivity index is 1.78. The van der Waals surface area contributed by atoms with Crippen LogP contribution in [0.5, 0.6) is 0 Å². The summed E-state index contributed by atoms with van der Waals surface area (Å²) in [5.41, 5.74) is 0. The Morgan fingerprint density at radius 1 is 1.38 bits per heavy atom. The Morgan fingerprint density at radius 2 is 2.19 bits per heavy atom. The summed E-state index contributed by atoms with van der Waals surface area (Å²) in [5.74, 6) is 2.66. The number of nitrogens with one attached hydrogen (secondary N) is 1. The van der Waals surface area contributed by atoms with Crippen LogP contribution in [-0.4, -0.2) is 35.0 Å². The van der Waals surface area contributed by atoms with Gasteiger partial charge in [0.25, 0.3) is 0 Å². The third kappa shape index (κ3) is 3.12. The van der Waals surface area contributed by atoms with Crippen molar-refractivity contribution in [2.24, 2.45) is 5.92 Å². The first-order chi connectivity index (χ1) is 10.0. The van der Waals surface area contributed by atoms with Crippen LogP contribution in [0.4, 0.5) is 5.82 Å². The van der Waals surface area contributed by atoms with Gasteiger partial charge >= 0.3 is 0 Å². The highest BCUT2D eigenvalue weighted by Gasteiger charge is 2.34. The Labute approximate surface area is 130 Å². The molecule has 6 heteroatoms. The maximum atomic E-state index is 11.5. The molecule has 2 aliphatic heterocycles. The zero-order chi connectivity index (χ0) is 15.0. The molecular formula is C15H21ClN4O. The molecule has 2 unspecified atom stereocenters. The first-order valence-corrected chi connectivity index (χ1v) is 7.99. The van der Waals surface area contributed by atoms with Gasteiger partial charge in [0.05, 0.1) is 0 Å². The van der Waals surface area contributed by atoms with Crippen molar-refractivity contribution < 1.29 is 4.79 Å². The van der Waals surface area contributed by atoms with Crippen molar-refractivity contribution in [2.75, 3.05) is 18.0 Å². The molecule has 5 nitrogen and oxygen atoms in total. The van der Waals surface area contributed by atoms with Gasteiger partial charge in [0.2, 0.25) is 5.91 Å². The third-order valence-corrected chi connectivity index (χ3v) is 4.56. The number of aromatic nitrogens is 2. The van der Waals surface area contributed by atoms with E-state index in [9.17, 15) is 4.79 Å². The number of nitrogens with zero attached hydrogens (tertiary/aromatic N) is 3. The maximum absolute atomic E-state index is 11.5. The summed E-state index contributed by atoms with van der Waals surface area (Å²) in [6.45, 7) is 5.96. The van der Waals surface area contributed by atoms with Crippen LogP contribution in [0.2, 0.25) is 5.15 Å². The van der Waals surface area contributed by atoms with Crippen molar-refractivity contribution in [3.05, 3.63) is 17.0 Å². The van der Waals surface area contributed by atoms with Crippen molar-refractivity contribution in [1.29, 1.82) is 0 Å². The molecule has 0 aromatic carbocycles. The van der Waals surface area contributed by atoms with Gasteiger partial charge in [-0.25, -0.2) is 9.97 Å². The molecule has 0 bridgehead atoms. The summed E-state index contributed by atoms with van der Waals surface area (Å²) in [6.07, 6.45) is 2.56. The summed E-state index contributed by atoms with van der Waals surface area (Å²) >= 11 is 6.14. The average Bonchev–Trinajstić information content (AvgIpc) is 2.46. The second kappa shape index (κ2) is 5.79. The van der Waals surface area contributed by atoms with Gasteiger partial charge in [-0.15, -0.1) is 0 Å². The Morgan fingerprint density at radius 3 is 2.95 bits per heavy atom. The van der Waals surface area contributed by atoms with E-state index in [1.165, 1.54) is 0 Å². The van der Waals surface area contributed by atoms with E-state index in [0.717, 1.165) is 37.6 Å². The zero-order valence-corrected chi connectivity index (χ0v) is 13.2. The first-order valence-electron chi connectivity index (χ1n) is 7.61. The molecule has 1 amide bonds. The predicted octanol–water partition coefficient (Wildman–Crippen LogP) is 2.36. The lowest BCUT2D eigenvalue weighted by molar-refractivity contribution is -0.124. The molecule has 1 aromatic rings. The van der Waals surface area contributed by atoms with Crippen LogP contribution in [0.1, 0.15) is 44.9 Å². The Hall–Kier alpha value is -1.36. The molecule has 21 heavy (non-hydrogen) atoms. The minimum absolute atomic E-state index is 0.192. The molecule has 2 aliphatic rings. The highest BCUT2D eigenvalue weighted by molar-refractivity contribution is 6.29. The van der Waals surface area contributed by atoms with Crippen LogP contribution < -0.4 is 10.2 Å². The third-order valence-electron chi connectivity index (χ3n) is 4.36. The van der Waals surface area contributed by atoms with Crippen LogP contribution in [0.15, 0.2) is 6.07 Å².